The molecule has 0 aromatic carbocycles. The van der Waals surface area contributed by atoms with E-state index in [1.165, 1.54) is 32.1 Å². The molecular formula is C8H18O. The van der Waals surface area contributed by atoms with Crippen molar-refractivity contribution in [3.63, 3.8) is 0 Å². The normalized spacial score (nSPS) is 20.7. The number of rotatable bonds is 3. The zero-order chi connectivity index (χ0) is 6.04. The van der Waals surface area contributed by atoms with E-state index in [1.54, 1.807) is 0 Å². The van der Waals surface area contributed by atoms with Gasteiger partial charge < -0.3 is 5.48 Å². The van der Waals surface area contributed by atoms with Gasteiger partial charge in [0, 0.05) is 0 Å². The van der Waals surface area contributed by atoms with Crippen LogP contribution in [0.15, 0.2) is 0 Å². The zero-order valence-corrected chi connectivity index (χ0v) is 6.54. The summed E-state index contributed by atoms with van der Waals surface area (Å²) in [7, 11) is 0. The van der Waals surface area contributed by atoms with Crippen LogP contribution in [-0.2, 0) is 0 Å². The summed E-state index contributed by atoms with van der Waals surface area (Å²) < 4.78 is 0. The fraction of sp³-hybridized carbons (Fsp3) is 1.00. The molecule has 0 bridgehead atoms. The van der Waals surface area contributed by atoms with Crippen LogP contribution in [0, 0.1) is 5.41 Å². The molecule has 0 atom stereocenters. The van der Waals surface area contributed by atoms with Gasteiger partial charge in [0.1, 0.15) is 0 Å². The lowest BCUT2D eigenvalue weighted by molar-refractivity contribution is 0.490. The molecule has 56 valence electrons. The first-order valence-electron chi connectivity index (χ1n) is 3.77. The zero-order valence-electron chi connectivity index (χ0n) is 6.54. The largest absolute Gasteiger partial charge is 0.412 e. The minimum atomic E-state index is 0. The van der Waals surface area contributed by atoms with Gasteiger partial charge in [0.2, 0.25) is 0 Å². The predicted molar refractivity (Wildman–Crippen MR) is 40.5 cm³/mol. The second kappa shape index (κ2) is 3.21. The van der Waals surface area contributed by atoms with Crippen LogP contribution in [-0.4, -0.2) is 5.48 Å². The monoisotopic (exact) mass is 130 g/mol. The first-order valence-corrected chi connectivity index (χ1v) is 3.77. The van der Waals surface area contributed by atoms with Gasteiger partial charge in [-0.25, -0.2) is 0 Å². The van der Waals surface area contributed by atoms with Crippen LogP contribution in [0.4, 0.5) is 0 Å². The molecule has 1 nitrogen and oxygen atoms in total. The van der Waals surface area contributed by atoms with E-state index in [0.29, 0.717) is 0 Å². The molecule has 0 heterocycles. The summed E-state index contributed by atoms with van der Waals surface area (Å²) in [4.78, 5) is 0. The summed E-state index contributed by atoms with van der Waals surface area (Å²) in [6.45, 7) is 4.68. The average Bonchev–Trinajstić information content (AvgIpc) is 2.45. The molecule has 1 saturated carbocycles. The van der Waals surface area contributed by atoms with Gasteiger partial charge in [-0.3, -0.25) is 0 Å². The topological polar surface area (TPSA) is 31.5 Å². The fourth-order valence-corrected chi connectivity index (χ4v) is 1.07. The van der Waals surface area contributed by atoms with Gasteiger partial charge in [0.05, 0.1) is 0 Å². The summed E-state index contributed by atoms with van der Waals surface area (Å²) in [6, 6.07) is 0. The molecule has 0 unspecified atom stereocenters. The van der Waals surface area contributed by atoms with Crippen molar-refractivity contribution in [1.82, 2.24) is 0 Å². The summed E-state index contributed by atoms with van der Waals surface area (Å²) in [5.74, 6) is 0. The quantitative estimate of drug-likeness (QED) is 0.560. The maximum atomic E-state index is 2.41. The third-order valence-corrected chi connectivity index (χ3v) is 2.24. The Labute approximate surface area is 57.8 Å². The number of hydrogen-bond donors (Lipinski definition) is 0. The highest BCUT2D eigenvalue weighted by Crippen LogP contribution is 2.48. The standard InChI is InChI=1S/C8H16.H2O/c1-3-4-5-8(2)6-7-8;/h3-7H2,1-2H3;1H2. The Bertz CT molecular complexity index is 74.6. The molecular weight excluding hydrogens is 112 g/mol. The van der Waals surface area contributed by atoms with E-state index < -0.39 is 0 Å². The number of hydrogen-bond acceptors (Lipinski definition) is 0. The number of unbranched alkanes of at least 4 members (excludes halogenated alkanes) is 1. The van der Waals surface area contributed by atoms with E-state index in [1.807, 2.05) is 0 Å². The molecule has 1 heteroatoms. The van der Waals surface area contributed by atoms with Crippen molar-refractivity contribution in [2.75, 3.05) is 0 Å². The van der Waals surface area contributed by atoms with Gasteiger partial charge in [0.25, 0.3) is 0 Å². The van der Waals surface area contributed by atoms with Crippen molar-refractivity contribution in [3.05, 3.63) is 0 Å². The smallest absolute Gasteiger partial charge is 0.0325 e. The van der Waals surface area contributed by atoms with Crippen LogP contribution < -0.4 is 0 Å². The summed E-state index contributed by atoms with van der Waals surface area (Å²) in [5.41, 5.74) is 0.802. The van der Waals surface area contributed by atoms with Crippen molar-refractivity contribution in [1.29, 1.82) is 0 Å². The molecule has 0 aromatic rings. The van der Waals surface area contributed by atoms with Crippen molar-refractivity contribution in [2.24, 2.45) is 5.41 Å². The highest BCUT2D eigenvalue weighted by molar-refractivity contribution is 4.87. The Balaban J connectivity index is 0.000000640. The van der Waals surface area contributed by atoms with Gasteiger partial charge in [0.15, 0.2) is 0 Å². The molecule has 1 aliphatic rings. The maximum Gasteiger partial charge on any atom is -0.0325 e. The van der Waals surface area contributed by atoms with Gasteiger partial charge in [-0.1, -0.05) is 26.7 Å². The molecule has 0 amide bonds. The predicted octanol–water partition coefficient (Wildman–Crippen LogP) is 2.15. The Morgan fingerprint density at radius 3 is 2.22 bits per heavy atom. The van der Waals surface area contributed by atoms with Gasteiger partial charge in [-0.2, -0.15) is 0 Å². The molecule has 0 spiro atoms. The van der Waals surface area contributed by atoms with Crippen LogP contribution in [0.1, 0.15) is 46.0 Å². The van der Waals surface area contributed by atoms with E-state index in [4.69, 9.17) is 0 Å². The highest BCUT2D eigenvalue weighted by Gasteiger charge is 2.35. The first-order chi connectivity index (χ1) is 3.77. The lowest BCUT2D eigenvalue weighted by Crippen LogP contribution is -1.90. The highest BCUT2D eigenvalue weighted by atomic mass is 16.0. The van der Waals surface area contributed by atoms with E-state index in [0.717, 1.165) is 5.41 Å². The summed E-state index contributed by atoms with van der Waals surface area (Å²) >= 11 is 0. The molecule has 0 radical (unpaired) electrons. The van der Waals surface area contributed by atoms with Crippen molar-refractivity contribution in [2.45, 2.75) is 46.0 Å². The third kappa shape index (κ3) is 2.85. The van der Waals surface area contributed by atoms with Crippen LogP contribution in [0.25, 0.3) is 0 Å². The maximum absolute atomic E-state index is 2.41. The van der Waals surface area contributed by atoms with Gasteiger partial charge in [-0.15, -0.1) is 0 Å². The van der Waals surface area contributed by atoms with Crippen LogP contribution >= 0.6 is 0 Å². The van der Waals surface area contributed by atoms with E-state index >= 15 is 0 Å². The lowest BCUT2D eigenvalue weighted by Gasteiger charge is -2.03. The molecule has 1 aliphatic carbocycles. The molecule has 0 aliphatic heterocycles. The van der Waals surface area contributed by atoms with Crippen LogP contribution in [0.5, 0.6) is 0 Å². The Kier molecular flexibility index (Phi) is 3.20. The van der Waals surface area contributed by atoms with E-state index in [-0.39, 0.29) is 5.48 Å². The Hall–Kier alpha value is -0.0400. The summed E-state index contributed by atoms with van der Waals surface area (Å²) in [5, 5.41) is 0. The Morgan fingerprint density at radius 2 is 1.89 bits per heavy atom. The third-order valence-electron chi connectivity index (χ3n) is 2.24. The second-order valence-corrected chi connectivity index (χ2v) is 3.41. The minimum Gasteiger partial charge on any atom is -0.412 e. The van der Waals surface area contributed by atoms with Crippen molar-refractivity contribution in [3.8, 4) is 0 Å². The molecule has 0 saturated heterocycles. The van der Waals surface area contributed by atoms with Crippen LogP contribution in [0.2, 0.25) is 0 Å². The minimum absolute atomic E-state index is 0. The van der Waals surface area contributed by atoms with E-state index in [9.17, 15) is 0 Å². The second-order valence-electron chi connectivity index (χ2n) is 3.41. The Morgan fingerprint density at radius 1 is 1.33 bits per heavy atom. The van der Waals surface area contributed by atoms with Crippen molar-refractivity contribution < 1.29 is 5.48 Å². The fourth-order valence-electron chi connectivity index (χ4n) is 1.07. The first kappa shape index (κ1) is 8.96. The molecule has 1 rings (SSSR count). The van der Waals surface area contributed by atoms with Crippen LogP contribution in [0.3, 0.4) is 0 Å². The molecule has 0 aromatic heterocycles. The molecule has 9 heavy (non-hydrogen) atoms. The molecule has 1 fully saturated rings. The van der Waals surface area contributed by atoms with Crippen molar-refractivity contribution >= 4 is 0 Å². The van der Waals surface area contributed by atoms with E-state index in [2.05, 4.69) is 13.8 Å². The lowest BCUT2D eigenvalue weighted by atomic mass is 10.0. The summed E-state index contributed by atoms with van der Waals surface area (Å²) in [6.07, 6.45) is 7.27. The SMILES string of the molecule is CCCCC1(C)CC1.O. The molecule has 2 N–H and O–H groups in total. The van der Waals surface area contributed by atoms with Gasteiger partial charge in [-0.05, 0) is 24.7 Å². The average molecular weight is 130 g/mol. The van der Waals surface area contributed by atoms with Gasteiger partial charge >= 0.3 is 0 Å².